The standard InChI is InChI=1S/C34H26F3NO9/c1-20(39)47-28-17-21(18-29(40)46-19-33(31(42)43,32(44)45)23-7-3-2-4-8-23)11-16-27(28)38-30(41)26-10-6-5-9-25(26)22-12-14-24(15-13-22)34(35,36)37/h2-17H,18-19H2,1H3,(H,38,41)(H,42,43)(H,44,45). The van der Waals surface area contributed by atoms with Gasteiger partial charge in [0.25, 0.3) is 5.91 Å². The lowest BCUT2D eigenvalue weighted by molar-refractivity contribution is -0.164. The van der Waals surface area contributed by atoms with Gasteiger partial charge in [-0.15, -0.1) is 0 Å². The quantitative estimate of drug-likeness (QED) is 0.105. The molecule has 0 heterocycles. The van der Waals surface area contributed by atoms with Crippen molar-refractivity contribution < 1.29 is 56.8 Å². The molecule has 0 unspecified atom stereocenters. The van der Waals surface area contributed by atoms with Crippen LogP contribution >= 0.6 is 0 Å². The summed E-state index contributed by atoms with van der Waals surface area (Å²) in [6, 6.07) is 21.5. The van der Waals surface area contributed by atoms with E-state index in [9.17, 15) is 47.4 Å². The normalized spacial score (nSPS) is 11.3. The number of hydrogen-bond acceptors (Lipinski definition) is 7. The molecule has 0 saturated heterocycles. The minimum atomic E-state index is -4.53. The monoisotopic (exact) mass is 649 g/mol. The van der Waals surface area contributed by atoms with Gasteiger partial charge in [0.15, 0.2) is 5.75 Å². The second kappa shape index (κ2) is 14.0. The van der Waals surface area contributed by atoms with Crippen LogP contribution in [0.2, 0.25) is 0 Å². The van der Waals surface area contributed by atoms with Crippen LogP contribution in [0.1, 0.15) is 34.0 Å². The zero-order chi connectivity index (χ0) is 34.4. The number of carboxylic acids is 2. The van der Waals surface area contributed by atoms with E-state index in [4.69, 9.17) is 9.47 Å². The third-order valence-corrected chi connectivity index (χ3v) is 7.04. The highest BCUT2D eigenvalue weighted by Crippen LogP contribution is 2.33. The molecule has 0 aliphatic rings. The van der Waals surface area contributed by atoms with E-state index in [1.54, 1.807) is 24.3 Å². The van der Waals surface area contributed by atoms with Crippen molar-refractivity contribution in [2.75, 3.05) is 11.9 Å². The number of ether oxygens (including phenoxy) is 2. The Balaban J connectivity index is 1.54. The van der Waals surface area contributed by atoms with E-state index in [0.717, 1.165) is 19.1 Å². The van der Waals surface area contributed by atoms with Gasteiger partial charge in [-0.1, -0.05) is 66.7 Å². The van der Waals surface area contributed by atoms with Crippen LogP contribution in [-0.4, -0.2) is 46.6 Å². The van der Waals surface area contributed by atoms with Gasteiger partial charge in [0.05, 0.1) is 17.7 Å². The molecule has 13 heteroatoms. The lowest BCUT2D eigenvalue weighted by atomic mass is 9.81. The van der Waals surface area contributed by atoms with E-state index in [1.165, 1.54) is 60.7 Å². The highest BCUT2D eigenvalue weighted by Gasteiger charge is 2.50. The lowest BCUT2D eigenvalue weighted by Crippen LogP contribution is -2.48. The first-order valence-electron chi connectivity index (χ1n) is 13.8. The molecule has 47 heavy (non-hydrogen) atoms. The first-order chi connectivity index (χ1) is 22.2. The fourth-order valence-electron chi connectivity index (χ4n) is 4.65. The van der Waals surface area contributed by atoms with Crippen LogP contribution in [0.15, 0.2) is 97.1 Å². The van der Waals surface area contributed by atoms with E-state index in [-0.39, 0.29) is 28.1 Å². The number of hydrogen-bond donors (Lipinski definition) is 3. The first-order valence-corrected chi connectivity index (χ1v) is 13.8. The Bertz CT molecular complexity index is 1810. The average Bonchev–Trinajstić information content (AvgIpc) is 3.02. The smallest absolute Gasteiger partial charge is 0.416 e. The highest BCUT2D eigenvalue weighted by molar-refractivity contribution is 6.09. The minimum absolute atomic E-state index is 0.0180. The van der Waals surface area contributed by atoms with Gasteiger partial charge in [-0.3, -0.25) is 24.0 Å². The molecule has 0 aliphatic carbocycles. The van der Waals surface area contributed by atoms with Crippen LogP contribution < -0.4 is 10.1 Å². The number of benzene rings is 4. The van der Waals surface area contributed by atoms with Gasteiger partial charge < -0.3 is 25.0 Å². The predicted molar refractivity (Wildman–Crippen MR) is 161 cm³/mol. The van der Waals surface area contributed by atoms with E-state index in [1.807, 2.05) is 0 Å². The maximum absolute atomic E-state index is 13.3. The predicted octanol–water partition coefficient (Wildman–Crippen LogP) is 5.74. The Kier molecular flexibility index (Phi) is 10.1. The molecular formula is C34H26F3NO9. The number of anilines is 1. The van der Waals surface area contributed by atoms with E-state index in [0.29, 0.717) is 11.1 Å². The van der Waals surface area contributed by atoms with Crippen LogP contribution in [0.3, 0.4) is 0 Å². The van der Waals surface area contributed by atoms with E-state index in [2.05, 4.69) is 5.32 Å². The van der Waals surface area contributed by atoms with Gasteiger partial charge in [-0.2, -0.15) is 13.2 Å². The number of rotatable bonds is 11. The van der Waals surface area contributed by atoms with Gasteiger partial charge in [-0.05, 0) is 52.6 Å². The number of carbonyl (C=O) groups is 5. The number of esters is 2. The van der Waals surface area contributed by atoms with Crippen molar-refractivity contribution in [3.05, 3.63) is 119 Å². The number of carbonyl (C=O) groups excluding carboxylic acids is 3. The zero-order valence-electron chi connectivity index (χ0n) is 24.5. The molecule has 0 bridgehead atoms. The molecule has 242 valence electrons. The number of halogens is 3. The summed E-state index contributed by atoms with van der Waals surface area (Å²) in [7, 11) is 0. The third-order valence-electron chi connectivity index (χ3n) is 7.04. The second-order valence-electron chi connectivity index (χ2n) is 10.2. The molecule has 3 N–H and O–H groups in total. The minimum Gasteiger partial charge on any atom is -0.480 e. The van der Waals surface area contributed by atoms with Crippen LogP contribution in [0.25, 0.3) is 11.1 Å². The largest absolute Gasteiger partial charge is 0.480 e. The summed E-state index contributed by atoms with van der Waals surface area (Å²) in [5, 5.41) is 22.2. The Hall–Kier alpha value is -5.98. The summed E-state index contributed by atoms with van der Waals surface area (Å²) < 4.78 is 49.4. The van der Waals surface area contributed by atoms with Crippen molar-refractivity contribution in [3.8, 4) is 16.9 Å². The molecule has 0 aliphatic heterocycles. The van der Waals surface area contributed by atoms with Crippen LogP contribution in [-0.2, 0) is 41.9 Å². The first kappa shape index (κ1) is 33.9. The summed E-state index contributed by atoms with van der Waals surface area (Å²) in [6.07, 6.45) is -5.02. The maximum Gasteiger partial charge on any atom is 0.416 e. The molecule has 1 amide bonds. The SMILES string of the molecule is CC(=O)Oc1cc(CC(=O)OCC(C(=O)O)(C(=O)O)c2ccccc2)ccc1NC(=O)c1ccccc1-c1ccc(C(F)(F)F)cc1. The molecular weight excluding hydrogens is 623 g/mol. The van der Waals surface area contributed by atoms with Crippen LogP contribution in [0, 0.1) is 0 Å². The molecule has 10 nitrogen and oxygen atoms in total. The molecule has 4 aromatic rings. The van der Waals surface area contributed by atoms with Gasteiger partial charge in [0.1, 0.15) is 6.61 Å². The van der Waals surface area contributed by atoms with Crippen molar-refractivity contribution in [2.45, 2.75) is 24.9 Å². The fourth-order valence-corrected chi connectivity index (χ4v) is 4.65. The Labute approximate surface area is 265 Å². The zero-order valence-corrected chi connectivity index (χ0v) is 24.5. The van der Waals surface area contributed by atoms with Gasteiger partial charge in [0, 0.05) is 12.5 Å². The topological polar surface area (TPSA) is 156 Å². The molecule has 0 spiro atoms. The number of amides is 1. The van der Waals surface area contributed by atoms with Crippen molar-refractivity contribution in [2.24, 2.45) is 0 Å². The molecule has 0 saturated carbocycles. The average molecular weight is 650 g/mol. The fraction of sp³-hybridized carbons (Fsp3) is 0.147. The molecule has 0 atom stereocenters. The van der Waals surface area contributed by atoms with Crippen LogP contribution in [0.5, 0.6) is 5.75 Å². The van der Waals surface area contributed by atoms with E-state index >= 15 is 0 Å². The number of aliphatic carboxylic acids is 2. The summed E-state index contributed by atoms with van der Waals surface area (Å²) in [5.74, 6) is -6.05. The second-order valence-corrected chi connectivity index (χ2v) is 10.2. The summed E-state index contributed by atoms with van der Waals surface area (Å²) in [5.41, 5.74) is -2.50. The lowest BCUT2D eigenvalue weighted by Gasteiger charge is -2.25. The Morgan fingerprint density at radius 3 is 1.98 bits per heavy atom. The van der Waals surface area contributed by atoms with Crippen LogP contribution in [0.4, 0.5) is 18.9 Å². The van der Waals surface area contributed by atoms with Crippen molar-refractivity contribution in [1.29, 1.82) is 0 Å². The van der Waals surface area contributed by atoms with Gasteiger partial charge in [-0.25, -0.2) is 0 Å². The summed E-state index contributed by atoms with van der Waals surface area (Å²) in [6.45, 7) is 0.0945. The molecule has 4 rings (SSSR count). The van der Waals surface area contributed by atoms with Crippen molar-refractivity contribution in [1.82, 2.24) is 0 Å². The van der Waals surface area contributed by atoms with Crippen molar-refractivity contribution >= 4 is 35.5 Å². The van der Waals surface area contributed by atoms with E-state index < -0.39 is 60.0 Å². The summed E-state index contributed by atoms with van der Waals surface area (Å²) in [4.78, 5) is 62.0. The van der Waals surface area contributed by atoms with Crippen molar-refractivity contribution in [3.63, 3.8) is 0 Å². The van der Waals surface area contributed by atoms with Gasteiger partial charge in [0.2, 0.25) is 5.41 Å². The summed E-state index contributed by atoms with van der Waals surface area (Å²) >= 11 is 0. The molecule has 0 fully saturated rings. The number of carboxylic acid groups (broad SMARTS) is 2. The van der Waals surface area contributed by atoms with Gasteiger partial charge >= 0.3 is 30.1 Å². The molecule has 0 aromatic heterocycles. The third kappa shape index (κ3) is 7.82. The molecule has 0 radical (unpaired) electrons. The number of alkyl halides is 3. The Morgan fingerprint density at radius 2 is 1.38 bits per heavy atom. The Morgan fingerprint density at radius 1 is 0.766 bits per heavy atom. The highest BCUT2D eigenvalue weighted by atomic mass is 19.4. The number of nitrogens with one attached hydrogen (secondary N) is 1. The molecule has 4 aromatic carbocycles. The maximum atomic E-state index is 13.3.